The molecule has 7 heteroatoms. The minimum absolute atomic E-state index is 0.209. The van der Waals surface area contributed by atoms with Gasteiger partial charge in [-0.25, -0.2) is 0 Å². The van der Waals surface area contributed by atoms with E-state index in [1.807, 2.05) is 30.3 Å². The van der Waals surface area contributed by atoms with Crippen LogP contribution in [0.3, 0.4) is 0 Å². The van der Waals surface area contributed by atoms with Gasteiger partial charge in [-0.15, -0.1) is 0 Å². The highest BCUT2D eigenvalue weighted by Gasteiger charge is 2.33. The zero-order valence-electron chi connectivity index (χ0n) is 16.8. The van der Waals surface area contributed by atoms with Crippen LogP contribution in [0.1, 0.15) is 22.8 Å². The van der Waals surface area contributed by atoms with Crippen LogP contribution in [-0.2, 0) is 16.1 Å². The van der Waals surface area contributed by atoms with Gasteiger partial charge in [0.15, 0.2) is 0 Å². The van der Waals surface area contributed by atoms with Crippen molar-refractivity contribution >= 4 is 46.4 Å². The topological polar surface area (TPSA) is 69.7 Å². The summed E-state index contributed by atoms with van der Waals surface area (Å²) in [6, 6.07) is 21.3. The number of nitrogens with zero attached hydrogens (tertiary/aromatic N) is 2. The second kappa shape index (κ2) is 8.62. The van der Waals surface area contributed by atoms with Crippen LogP contribution in [-0.4, -0.2) is 24.3 Å². The molecule has 0 saturated heterocycles. The number of amides is 3. The van der Waals surface area contributed by atoms with E-state index in [9.17, 15) is 14.4 Å². The monoisotopic (exact) mass is 433 g/mol. The lowest BCUT2D eigenvalue weighted by atomic mass is 10.1. The van der Waals surface area contributed by atoms with E-state index in [2.05, 4.69) is 5.32 Å². The summed E-state index contributed by atoms with van der Waals surface area (Å²) in [5.41, 5.74) is 2.65. The van der Waals surface area contributed by atoms with Crippen LogP contribution in [0, 0.1) is 0 Å². The Bertz CT molecular complexity index is 1160. The van der Waals surface area contributed by atoms with Crippen molar-refractivity contribution in [1.29, 1.82) is 0 Å². The van der Waals surface area contributed by atoms with Crippen LogP contribution >= 0.6 is 11.6 Å². The maximum atomic E-state index is 13.5. The van der Waals surface area contributed by atoms with Gasteiger partial charge in [-0.2, -0.15) is 0 Å². The fraction of sp³-hybridized carbons (Fsp3) is 0.125. The largest absolute Gasteiger partial charge is 0.350 e. The zero-order valence-corrected chi connectivity index (χ0v) is 17.6. The fourth-order valence-corrected chi connectivity index (χ4v) is 3.79. The standard InChI is InChI=1S/C24H20ClN3O3/c1-16(29)28-20-10-6-5-9-19(20)24(31)27(22-13-18(25)11-12-21(22)28)15-23(30)26-14-17-7-3-2-4-8-17/h2-13H,14-15H2,1H3,(H,26,30). The van der Waals surface area contributed by atoms with Gasteiger partial charge in [0, 0.05) is 18.5 Å². The van der Waals surface area contributed by atoms with Crippen LogP contribution in [0.25, 0.3) is 0 Å². The van der Waals surface area contributed by atoms with E-state index in [1.165, 1.54) is 16.7 Å². The molecule has 0 aliphatic carbocycles. The van der Waals surface area contributed by atoms with Crippen molar-refractivity contribution in [3.05, 3.63) is 88.9 Å². The Kier molecular flexibility index (Phi) is 5.73. The predicted molar refractivity (Wildman–Crippen MR) is 121 cm³/mol. The Morgan fingerprint density at radius 2 is 1.61 bits per heavy atom. The lowest BCUT2D eigenvalue weighted by molar-refractivity contribution is -0.120. The Hall–Kier alpha value is -3.64. The molecule has 3 aromatic rings. The molecule has 6 nitrogen and oxygen atoms in total. The number of benzene rings is 3. The van der Waals surface area contributed by atoms with Gasteiger partial charge >= 0.3 is 0 Å². The van der Waals surface area contributed by atoms with Gasteiger partial charge in [0.25, 0.3) is 5.91 Å². The normalized spacial score (nSPS) is 12.6. The molecule has 1 N–H and O–H groups in total. The minimum Gasteiger partial charge on any atom is -0.350 e. The van der Waals surface area contributed by atoms with Gasteiger partial charge in [0.1, 0.15) is 6.54 Å². The Morgan fingerprint density at radius 1 is 0.903 bits per heavy atom. The highest BCUT2D eigenvalue weighted by atomic mass is 35.5. The Labute approximate surface area is 185 Å². The third-order valence-electron chi connectivity index (χ3n) is 5.04. The second-order valence-electron chi connectivity index (χ2n) is 7.16. The van der Waals surface area contributed by atoms with Gasteiger partial charge in [-0.1, -0.05) is 54.1 Å². The zero-order chi connectivity index (χ0) is 22.0. The Balaban J connectivity index is 1.72. The van der Waals surface area contributed by atoms with E-state index < -0.39 is 0 Å². The number of hydrogen-bond acceptors (Lipinski definition) is 3. The number of anilines is 3. The molecule has 0 bridgehead atoms. The first-order valence-corrected chi connectivity index (χ1v) is 10.2. The minimum atomic E-state index is -0.377. The van der Waals surface area contributed by atoms with Crippen molar-refractivity contribution in [2.75, 3.05) is 16.3 Å². The first-order chi connectivity index (χ1) is 15.0. The van der Waals surface area contributed by atoms with Crippen LogP contribution in [0.5, 0.6) is 0 Å². The van der Waals surface area contributed by atoms with Gasteiger partial charge in [0.05, 0.1) is 22.6 Å². The number of halogens is 1. The maximum Gasteiger partial charge on any atom is 0.260 e. The van der Waals surface area contributed by atoms with Crippen molar-refractivity contribution in [2.24, 2.45) is 0 Å². The van der Waals surface area contributed by atoms with Crippen molar-refractivity contribution in [2.45, 2.75) is 13.5 Å². The molecule has 3 aromatic carbocycles. The number of carbonyl (C=O) groups excluding carboxylic acids is 3. The van der Waals surface area contributed by atoms with Crippen LogP contribution in [0.2, 0.25) is 5.02 Å². The molecule has 0 atom stereocenters. The summed E-state index contributed by atoms with van der Waals surface area (Å²) in [4.78, 5) is 41.6. The first-order valence-electron chi connectivity index (χ1n) is 9.77. The molecule has 0 unspecified atom stereocenters. The summed E-state index contributed by atoms with van der Waals surface area (Å²) in [7, 11) is 0. The van der Waals surface area contributed by atoms with Gasteiger partial charge < -0.3 is 5.32 Å². The highest BCUT2D eigenvalue weighted by molar-refractivity contribution is 6.31. The van der Waals surface area contributed by atoms with E-state index in [4.69, 9.17) is 11.6 Å². The SMILES string of the molecule is CC(=O)N1c2ccccc2C(=O)N(CC(=O)NCc2ccccc2)c2cc(Cl)ccc21. The third kappa shape index (κ3) is 4.15. The lowest BCUT2D eigenvalue weighted by Gasteiger charge is -2.25. The molecule has 0 aromatic heterocycles. The Morgan fingerprint density at radius 3 is 2.35 bits per heavy atom. The molecule has 31 heavy (non-hydrogen) atoms. The van der Waals surface area contributed by atoms with E-state index >= 15 is 0 Å². The molecular weight excluding hydrogens is 414 g/mol. The molecule has 1 aliphatic heterocycles. The lowest BCUT2D eigenvalue weighted by Crippen LogP contribution is -2.40. The summed E-state index contributed by atoms with van der Waals surface area (Å²) in [5.74, 6) is -0.950. The van der Waals surface area contributed by atoms with E-state index in [0.717, 1.165) is 5.56 Å². The summed E-state index contributed by atoms with van der Waals surface area (Å²) >= 11 is 6.22. The highest BCUT2D eigenvalue weighted by Crippen LogP contribution is 2.41. The quantitative estimate of drug-likeness (QED) is 0.666. The third-order valence-corrected chi connectivity index (χ3v) is 5.27. The van der Waals surface area contributed by atoms with Crippen molar-refractivity contribution in [1.82, 2.24) is 5.32 Å². The molecule has 1 aliphatic rings. The van der Waals surface area contributed by atoms with Gasteiger partial charge in [0.2, 0.25) is 11.8 Å². The molecule has 0 saturated carbocycles. The molecule has 3 amide bonds. The summed E-state index contributed by atoms with van der Waals surface area (Å²) in [6.07, 6.45) is 0. The number of carbonyl (C=O) groups is 3. The smallest absolute Gasteiger partial charge is 0.260 e. The van der Waals surface area contributed by atoms with Crippen molar-refractivity contribution in [3.63, 3.8) is 0 Å². The van der Waals surface area contributed by atoms with Crippen LogP contribution in [0.15, 0.2) is 72.8 Å². The number of nitrogens with one attached hydrogen (secondary N) is 1. The molecule has 0 spiro atoms. The van der Waals surface area contributed by atoms with Gasteiger partial charge in [-0.05, 0) is 35.9 Å². The molecule has 0 radical (unpaired) electrons. The molecular formula is C24H20ClN3O3. The summed E-state index contributed by atoms with van der Waals surface area (Å²) in [6.45, 7) is 1.57. The molecule has 0 fully saturated rings. The van der Waals surface area contributed by atoms with Crippen molar-refractivity contribution in [3.8, 4) is 0 Å². The second-order valence-corrected chi connectivity index (χ2v) is 7.59. The predicted octanol–water partition coefficient (Wildman–Crippen LogP) is 4.30. The number of rotatable bonds is 4. The van der Waals surface area contributed by atoms with E-state index in [0.29, 0.717) is 34.2 Å². The average Bonchev–Trinajstić information content (AvgIpc) is 2.86. The van der Waals surface area contributed by atoms with E-state index in [1.54, 1.807) is 42.5 Å². The number of hydrogen-bond donors (Lipinski definition) is 1. The molecule has 4 rings (SSSR count). The van der Waals surface area contributed by atoms with Crippen LogP contribution in [0.4, 0.5) is 17.1 Å². The van der Waals surface area contributed by atoms with Crippen molar-refractivity contribution < 1.29 is 14.4 Å². The summed E-state index contributed by atoms with van der Waals surface area (Å²) < 4.78 is 0. The molecule has 156 valence electrons. The maximum absolute atomic E-state index is 13.5. The molecule has 1 heterocycles. The average molecular weight is 434 g/mol. The summed E-state index contributed by atoms with van der Waals surface area (Å²) in [5, 5.41) is 3.24. The first kappa shape index (κ1) is 20.6. The number of para-hydroxylation sites is 1. The van der Waals surface area contributed by atoms with E-state index in [-0.39, 0.29) is 24.3 Å². The van der Waals surface area contributed by atoms with Crippen LogP contribution < -0.4 is 15.1 Å². The van der Waals surface area contributed by atoms with Gasteiger partial charge in [-0.3, -0.25) is 24.2 Å². The fourth-order valence-electron chi connectivity index (χ4n) is 3.63. The number of fused-ring (bicyclic) bond motifs is 2.